The molecule has 96 valence electrons. The zero-order chi connectivity index (χ0) is 13.8. The zero-order valence-electron chi connectivity index (χ0n) is 10.8. The van der Waals surface area contributed by atoms with Gasteiger partial charge in [0.1, 0.15) is 17.6 Å². The van der Waals surface area contributed by atoms with Crippen LogP contribution in [0.3, 0.4) is 0 Å². The van der Waals surface area contributed by atoms with Gasteiger partial charge in [0.15, 0.2) is 0 Å². The fourth-order valence-electron chi connectivity index (χ4n) is 1.72. The minimum absolute atomic E-state index is 0.588. The Hall–Kier alpha value is -1.86. The first kappa shape index (κ1) is 13.6. The second-order valence-electron chi connectivity index (χ2n) is 4.11. The lowest BCUT2D eigenvalue weighted by molar-refractivity contribution is 0.472. The summed E-state index contributed by atoms with van der Waals surface area (Å²) in [6, 6.07) is 11.2. The summed E-state index contributed by atoms with van der Waals surface area (Å²) < 4.78 is 6.56. The van der Waals surface area contributed by atoms with Gasteiger partial charge in [0.25, 0.3) is 0 Å². The van der Waals surface area contributed by atoms with Crippen LogP contribution in [0.4, 0.5) is 0 Å². The van der Waals surface area contributed by atoms with Crippen LogP contribution in [0, 0.1) is 18.3 Å². The molecule has 0 fully saturated rings. The van der Waals surface area contributed by atoms with Crippen LogP contribution in [0.5, 0.6) is 11.5 Å². The van der Waals surface area contributed by atoms with Gasteiger partial charge in [0.2, 0.25) is 0 Å². The van der Waals surface area contributed by atoms with Crippen LogP contribution in [0.2, 0.25) is 0 Å². The molecular formula is C15H13BrN2O. The van der Waals surface area contributed by atoms with Gasteiger partial charge < -0.3 is 4.74 Å². The predicted octanol–water partition coefficient (Wildman–Crippen LogP) is 4.38. The number of hydrogen-bond donors (Lipinski definition) is 0. The second kappa shape index (κ2) is 5.85. The third kappa shape index (κ3) is 3.12. The standard InChI is InChI=1S/C15H13BrN2O/c1-3-14-15(7-4-10(2)18-14)19-12-6-5-11(9-17)13(16)8-12/h4-8H,3H2,1-2H3. The van der Waals surface area contributed by atoms with E-state index in [4.69, 9.17) is 10.00 Å². The molecule has 0 amide bonds. The van der Waals surface area contributed by atoms with Gasteiger partial charge >= 0.3 is 0 Å². The first-order valence-corrected chi connectivity index (χ1v) is 6.77. The van der Waals surface area contributed by atoms with E-state index in [1.807, 2.05) is 26.0 Å². The van der Waals surface area contributed by atoms with Crippen LogP contribution < -0.4 is 4.74 Å². The smallest absolute Gasteiger partial charge is 0.148 e. The van der Waals surface area contributed by atoms with Crippen LogP contribution in [0.25, 0.3) is 0 Å². The van der Waals surface area contributed by atoms with Crippen molar-refractivity contribution >= 4 is 15.9 Å². The van der Waals surface area contributed by atoms with Gasteiger partial charge in [-0.3, -0.25) is 4.98 Å². The molecule has 0 radical (unpaired) electrons. The molecule has 3 nitrogen and oxygen atoms in total. The van der Waals surface area contributed by atoms with E-state index in [0.29, 0.717) is 11.3 Å². The summed E-state index contributed by atoms with van der Waals surface area (Å²) >= 11 is 3.35. The lowest BCUT2D eigenvalue weighted by Gasteiger charge is -2.10. The van der Waals surface area contributed by atoms with Crippen molar-refractivity contribution < 1.29 is 4.74 Å². The number of nitriles is 1. The molecule has 4 heteroatoms. The number of pyridine rings is 1. The highest BCUT2D eigenvalue weighted by atomic mass is 79.9. The van der Waals surface area contributed by atoms with Gasteiger partial charge in [-0.15, -0.1) is 0 Å². The molecule has 19 heavy (non-hydrogen) atoms. The largest absolute Gasteiger partial charge is 0.455 e. The van der Waals surface area contributed by atoms with E-state index in [9.17, 15) is 0 Å². The number of halogens is 1. The van der Waals surface area contributed by atoms with E-state index >= 15 is 0 Å². The highest BCUT2D eigenvalue weighted by Crippen LogP contribution is 2.28. The predicted molar refractivity (Wildman–Crippen MR) is 77.3 cm³/mol. The third-order valence-electron chi connectivity index (χ3n) is 2.70. The molecule has 0 aliphatic carbocycles. The number of nitrogens with zero attached hydrogens (tertiary/aromatic N) is 2. The summed E-state index contributed by atoms with van der Waals surface area (Å²) in [6.07, 6.45) is 0.814. The number of benzene rings is 1. The zero-order valence-corrected chi connectivity index (χ0v) is 12.4. The van der Waals surface area contributed by atoms with Gasteiger partial charge in [-0.1, -0.05) is 6.92 Å². The van der Waals surface area contributed by atoms with Crippen molar-refractivity contribution in [3.8, 4) is 17.6 Å². The van der Waals surface area contributed by atoms with Crippen molar-refractivity contribution in [1.82, 2.24) is 4.98 Å². The van der Waals surface area contributed by atoms with E-state index in [1.54, 1.807) is 18.2 Å². The monoisotopic (exact) mass is 316 g/mol. The molecule has 0 unspecified atom stereocenters. The number of aryl methyl sites for hydroxylation is 2. The number of rotatable bonds is 3. The summed E-state index contributed by atoms with van der Waals surface area (Å²) in [6.45, 7) is 4.00. The molecule has 2 rings (SSSR count). The molecule has 0 N–H and O–H groups in total. The van der Waals surface area contributed by atoms with Gasteiger partial charge in [0, 0.05) is 10.2 Å². The minimum Gasteiger partial charge on any atom is -0.455 e. The molecule has 1 aromatic carbocycles. The molecule has 0 spiro atoms. The van der Waals surface area contributed by atoms with Crippen molar-refractivity contribution in [3.63, 3.8) is 0 Å². The van der Waals surface area contributed by atoms with Gasteiger partial charge in [-0.25, -0.2) is 0 Å². The minimum atomic E-state index is 0.588. The highest BCUT2D eigenvalue weighted by Gasteiger charge is 2.07. The maximum atomic E-state index is 8.88. The van der Waals surface area contributed by atoms with E-state index in [0.717, 1.165) is 28.0 Å². The maximum Gasteiger partial charge on any atom is 0.148 e. The Morgan fingerprint density at radius 1 is 1.32 bits per heavy atom. The number of hydrogen-bond acceptors (Lipinski definition) is 3. The molecule has 1 aromatic heterocycles. The Balaban J connectivity index is 2.31. The summed E-state index contributed by atoms with van der Waals surface area (Å²) in [5.74, 6) is 1.44. The SMILES string of the molecule is CCc1nc(C)ccc1Oc1ccc(C#N)c(Br)c1. The van der Waals surface area contributed by atoms with Crippen molar-refractivity contribution in [2.24, 2.45) is 0 Å². The van der Waals surface area contributed by atoms with Crippen molar-refractivity contribution in [1.29, 1.82) is 5.26 Å². The molecule has 0 aliphatic heterocycles. The average Bonchev–Trinajstić information content (AvgIpc) is 2.41. The van der Waals surface area contributed by atoms with Gasteiger partial charge in [-0.05, 0) is 59.6 Å². The van der Waals surface area contributed by atoms with E-state index in [-0.39, 0.29) is 0 Å². The quantitative estimate of drug-likeness (QED) is 0.844. The Labute approximate surface area is 121 Å². The first-order chi connectivity index (χ1) is 9.13. The molecule has 1 heterocycles. The molecule has 2 aromatic rings. The summed E-state index contributed by atoms with van der Waals surface area (Å²) in [5, 5.41) is 8.88. The Morgan fingerprint density at radius 3 is 2.74 bits per heavy atom. The second-order valence-corrected chi connectivity index (χ2v) is 4.96. The van der Waals surface area contributed by atoms with Gasteiger partial charge in [0.05, 0.1) is 11.3 Å². The van der Waals surface area contributed by atoms with Crippen LogP contribution in [0.1, 0.15) is 23.9 Å². The van der Waals surface area contributed by atoms with Crippen LogP contribution in [-0.4, -0.2) is 4.98 Å². The topological polar surface area (TPSA) is 45.9 Å². The molecule has 0 atom stereocenters. The molecular weight excluding hydrogens is 304 g/mol. The summed E-state index contributed by atoms with van der Waals surface area (Å²) in [4.78, 5) is 4.45. The number of aromatic nitrogens is 1. The van der Waals surface area contributed by atoms with E-state index in [2.05, 4.69) is 27.0 Å². The van der Waals surface area contributed by atoms with E-state index in [1.165, 1.54) is 0 Å². The van der Waals surface area contributed by atoms with Crippen molar-refractivity contribution in [2.45, 2.75) is 20.3 Å². The van der Waals surface area contributed by atoms with Crippen molar-refractivity contribution in [3.05, 3.63) is 51.8 Å². The van der Waals surface area contributed by atoms with Gasteiger partial charge in [-0.2, -0.15) is 5.26 Å². The maximum absolute atomic E-state index is 8.88. The molecule has 0 saturated carbocycles. The molecule has 0 saturated heterocycles. The van der Waals surface area contributed by atoms with Crippen molar-refractivity contribution in [2.75, 3.05) is 0 Å². The molecule has 0 aliphatic rings. The number of ether oxygens (including phenoxy) is 1. The molecule has 0 bridgehead atoms. The normalized spacial score (nSPS) is 10.0. The Morgan fingerprint density at radius 2 is 2.11 bits per heavy atom. The third-order valence-corrected chi connectivity index (χ3v) is 3.35. The van der Waals surface area contributed by atoms with Crippen LogP contribution >= 0.6 is 15.9 Å². The Bertz CT molecular complexity index is 647. The fraction of sp³-hybridized carbons (Fsp3) is 0.200. The lowest BCUT2D eigenvalue weighted by atomic mass is 10.2. The van der Waals surface area contributed by atoms with Crippen LogP contribution in [0.15, 0.2) is 34.8 Å². The highest BCUT2D eigenvalue weighted by molar-refractivity contribution is 9.10. The first-order valence-electron chi connectivity index (χ1n) is 5.98. The average molecular weight is 317 g/mol. The summed E-state index contributed by atoms with van der Waals surface area (Å²) in [5.41, 5.74) is 2.50. The lowest BCUT2D eigenvalue weighted by Crippen LogP contribution is -1.95. The van der Waals surface area contributed by atoms with E-state index < -0.39 is 0 Å². The van der Waals surface area contributed by atoms with Crippen LogP contribution in [-0.2, 0) is 6.42 Å². The Kier molecular flexibility index (Phi) is 4.18. The summed E-state index contributed by atoms with van der Waals surface area (Å²) in [7, 11) is 0. The fourth-order valence-corrected chi connectivity index (χ4v) is 2.17.